The highest BCUT2D eigenvalue weighted by molar-refractivity contribution is 5.98. The summed E-state index contributed by atoms with van der Waals surface area (Å²) in [5.74, 6) is -2.07. The minimum absolute atomic E-state index is 0. The van der Waals surface area contributed by atoms with Gasteiger partial charge in [-0.25, -0.2) is 8.78 Å². The van der Waals surface area contributed by atoms with Gasteiger partial charge in [0.2, 0.25) is 5.91 Å². The van der Waals surface area contributed by atoms with Gasteiger partial charge >= 0.3 is 0 Å². The third-order valence-corrected chi connectivity index (χ3v) is 3.46. The van der Waals surface area contributed by atoms with Crippen molar-refractivity contribution in [3.05, 3.63) is 29.8 Å². The van der Waals surface area contributed by atoms with E-state index in [0.29, 0.717) is 6.42 Å². The monoisotopic (exact) mass is 290 g/mol. The number of nitrogens with one attached hydrogen (secondary N) is 2. The first-order chi connectivity index (χ1) is 8.57. The van der Waals surface area contributed by atoms with Gasteiger partial charge in [0, 0.05) is 11.8 Å². The topological polar surface area (TPSA) is 41.1 Å². The van der Waals surface area contributed by atoms with Crippen LogP contribution in [0.5, 0.6) is 0 Å². The summed E-state index contributed by atoms with van der Waals surface area (Å²) in [6.45, 7) is 2.74. The Morgan fingerprint density at radius 1 is 1.42 bits per heavy atom. The fourth-order valence-corrected chi connectivity index (χ4v) is 2.29. The number of carbonyl (C=O) groups excluding carboxylic acids is 1. The van der Waals surface area contributed by atoms with Crippen molar-refractivity contribution in [2.24, 2.45) is 0 Å². The first kappa shape index (κ1) is 15.9. The zero-order valence-corrected chi connectivity index (χ0v) is 11.4. The van der Waals surface area contributed by atoms with Crippen LogP contribution in [0.15, 0.2) is 18.2 Å². The van der Waals surface area contributed by atoms with Gasteiger partial charge in [0.15, 0.2) is 11.6 Å². The molecule has 1 fully saturated rings. The van der Waals surface area contributed by atoms with E-state index in [2.05, 4.69) is 10.6 Å². The number of benzene rings is 1. The Morgan fingerprint density at radius 2 is 2.16 bits per heavy atom. The summed E-state index contributed by atoms with van der Waals surface area (Å²) in [7, 11) is 0. The maximum Gasteiger partial charge on any atom is 0.244 e. The van der Waals surface area contributed by atoms with Crippen molar-refractivity contribution < 1.29 is 13.6 Å². The fraction of sp³-hybridized carbons (Fsp3) is 0.462. The van der Waals surface area contributed by atoms with Gasteiger partial charge in [-0.2, -0.15) is 0 Å². The summed E-state index contributed by atoms with van der Waals surface area (Å²) in [5.41, 5.74) is -0.300. The molecule has 1 amide bonds. The molecule has 1 atom stereocenters. The van der Waals surface area contributed by atoms with E-state index in [-0.39, 0.29) is 24.0 Å². The van der Waals surface area contributed by atoms with Crippen molar-refractivity contribution in [1.82, 2.24) is 5.32 Å². The van der Waals surface area contributed by atoms with E-state index in [1.54, 1.807) is 0 Å². The number of rotatable bonds is 3. The normalized spacial score (nSPS) is 21.8. The van der Waals surface area contributed by atoms with Crippen LogP contribution in [-0.2, 0) is 4.79 Å². The lowest BCUT2D eigenvalue weighted by atomic mass is 9.93. The summed E-state index contributed by atoms with van der Waals surface area (Å²) in [6, 6.07) is 3.35. The zero-order chi connectivity index (χ0) is 13.2. The molecule has 0 aliphatic carbocycles. The summed E-state index contributed by atoms with van der Waals surface area (Å²) < 4.78 is 25.8. The van der Waals surface area contributed by atoms with Crippen molar-refractivity contribution >= 4 is 24.0 Å². The molecule has 1 saturated heterocycles. The third kappa shape index (κ3) is 3.22. The minimum atomic E-state index is -0.960. The molecule has 1 unspecified atom stereocenters. The minimum Gasteiger partial charge on any atom is -0.324 e. The molecule has 106 valence electrons. The van der Waals surface area contributed by atoms with E-state index < -0.39 is 17.2 Å². The first-order valence-corrected chi connectivity index (χ1v) is 6.09. The van der Waals surface area contributed by atoms with Crippen LogP contribution in [0, 0.1) is 11.6 Å². The fourth-order valence-electron chi connectivity index (χ4n) is 2.29. The van der Waals surface area contributed by atoms with Crippen LogP contribution in [-0.4, -0.2) is 18.0 Å². The quantitative estimate of drug-likeness (QED) is 0.899. The first-order valence-electron chi connectivity index (χ1n) is 6.09. The molecular formula is C13H17ClF2N2O. The van der Waals surface area contributed by atoms with Crippen molar-refractivity contribution in [1.29, 1.82) is 0 Å². The Kier molecular flexibility index (Phi) is 5.26. The smallest absolute Gasteiger partial charge is 0.244 e. The second kappa shape index (κ2) is 6.30. The molecule has 1 aliphatic rings. The van der Waals surface area contributed by atoms with Gasteiger partial charge < -0.3 is 10.6 Å². The Morgan fingerprint density at radius 3 is 2.68 bits per heavy atom. The largest absolute Gasteiger partial charge is 0.324 e. The Bertz CT molecular complexity index is 462. The van der Waals surface area contributed by atoms with Gasteiger partial charge in [0.25, 0.3) is 0 Å². The average Bonchev–Trinajstić information content (AvgIpc) is 2.84. The van der Waals surface area contributed by atoms with E-state index in [1.165, 1.54) is 6.07 Å². The van der Waals surface area contributed by atoms with Crippen LogP contribution >= 0.6 is 12.4 Å². The molecule has 2 N–H and O–H groups in total. The maximum absolute atomic E-state index is 13.0. The third-order valence-electron chi connectivity index (χ3n) is 3.46. The van der Waals surface area contributed by atoms with Gasteiger partial charge in [-0.05, 0) is 37.9 Å². The molecule has 19 heavy (non-hydrogen) atoms. The van der Waals surface area contributed by atoms with E-state index in [1.807, 2.05) is 6.92 Å². The Hall–Kier alpha value is -1.20. The van der Waals surface area contributed by atoms with Crippen LogP contribution in [0.1, 0.15) is 26.2 Å². The molecule has 6 heteroatoms. The number of hydrogen-bond donors (Lipinski definition) is 2. The highest BCUT2D eigenvalue weighted by atomic mass is 35.5. The number of halogens is 3. The molecule has 0 aromatic heterocycles. The van der Waals surface area contributed by atoms with Gasteiger partial charge in [0.1, 0.15) is 0 Å². The van der Waals surface area contributed by atoms with Crippen LogP contribution in [0.2, 0.25) is 0 Å². The van der Waals surface area contributed by atoms with E-state index >= 15 is 0 Å². The van der Waals surface area contributed by atoms with Crippen molar-refractivity contribution in [2.75, 3.05) is 11.9 Å². The number of carbonyl (C=O) groups is 1. The zero-order valence-electron chi connectivity index (χ0n) is 10.6. The van der Waals surface area contributed by atoms with Gasteiger partial charge in [-0.15, -0.1) is 12.4 Å². The van der Waals surface area contributed by atoms with Crippen molar-refractivity contribution in [3.63, 3.8) is 0 Å². The summed E-state index contributed by atoms with van der Waals surface area (Å²) in [6.07, 6.45) is 2.38. The number of anilines is 1. The number of amides is 1. The predicted molar refractivity (Wildman–Crippen MR) is 72.5 cm³/mol. The number of hydrogen-bond acceptors (Lipinski definition) is 2. The van der Waals surface area contributed by atoms with Gasteiger partial charge in [-0.1, -0.05) is 6.92 Å². The van der Waals surface area contributed by atoms with Crippen LogP contribution < -0.4 is 10.6 Å². The SMILES string of the molecule is CCC1(C(=O)Nc2ccc(F)c(F)c2)CCCN1.Cl. The van der Waals surface area contributed by atoms with E-state index in [9.17, 15) is 13.6 Å². The lowest BCUT2D eigenvalue weighted by molar-refractivity contribution is -0.122. The molecule has 0 radical (unpaired) electrons. The molecule has 1 aliphatic heterocycles. The van der Waals surface area contributed by atoms with Crippen LogP contribution in [0.25, 0.3) is 0 Å². The molecular weight excluding hydrogens is 274 g/mol. The second-order valence-corrected chi connectivity index (χ2v) is 4.55. The predicted octanol–water partition coefficient (Wildman–Crippen LogP) is 2.86. The van der Waals surface area contributed by atoms with Crippen molar-refractivity contribution in [3.8, 4) is 0 Å². The van der Waals surface area contributed by atoms with Gasteiger partial charge in [0.05, 0.1) is 5.54 Å². The molecule has 1 heterocycles. The molecule has 2 rings (SSSR count). The summed E-state index contributed by atoms with van der Waals surface area (Å²) in [4.78, 5) is 12.2. The average molecular weight is 291 g/mol. The summed E-state index contributed by atoms with van der Waals surface area (Å²) >= 11 is 0. The second-order valence-electron chi connectivity index (χ2n) is 4.55. The molecule has 1 aromatic rings. The lowest BCUT2D eigenvalue weighted by Gasteiger charge is -2.26. The molecule has 0 spiro atoms. The molecule has 1 aromatic carbocycles. The van der Waals surface area contributed by atoms with Crippen LogP contribution in [0.3, 0.4) is 0 Å². The Balaban J connectivity index is 0.00000180. The maximum atomic E-state index is 13.0. The van der Waals surface area contributed by atoms with Crippen LogP contribution in [0.4, 0.5) is 14.5 Å². The lowest BCUT2D eigenvalue weighted by Crippen LogP contribution is -2.50. The van der Waals surface area contributed by atoms with Crippen molar-refractivity contribution in [2.45, 2.75) is 31.7 Å². The molecule has 0 bridgehead atoms. The standard InChI is InChI=1S/C13H16F2N2O.ClH/c1-2-13(6-3-7-16-13)12(18)17-9-4-5-10(14)11(15)8-9;/h4-5,8,16H,2-3,6-7H2,1H3,(H,17,18);1H. The van der Waals surface area contributed by atoms with Gasteiger partial charge in [-0.3, -0.25) is 4.79 Å². The molecule has 3 nitrogen and oxygen atoms in total. The summed E-state index contributed by atoms with van der Waals surface area (Å²) in [5, 5.41) is 5.82. The highest BCUT2D eigenvalue weighted by Crippen LogP contribution is 2.25. The van der Waals surface area contributed by atoms with E-state index in [4.69, 9.17) is 0 Å². The molecule has 0 saturated carbocycles. The van der Waals surface area contributed by atoms with E-state index in [0.717, 1.165) is 31.5 Å². The highest BCUT2D eigenvalue weighted by Gasteiger charge is 2.39. The Labute approximate surface area is 117 Å².